The van der Waals surface area contributed by atoms with Crippen LogP contribution in [0.2, 0.25) is 0 Å². The van der Waals surface area contributed by atoms with Gasteiger partial charge in [0, 0.05) is 0 Å². The molecule has 128 valence electrons. The molecule has 0 radical (unpaired) electrons. The van der Waals surface area contributed by atoms with Crippen LogP contribution >= 0.6 is 11.3 Å². The molecule has 3 rings (SSSR count). The second-order valence-electron chi connectivity index (χ2n) is 4.84. The number of hydrogen-bond acceptors (Lipinski definition) is 9. The third-order valence-corrected chi connectivity index (χ3v) is 4.13. The van der Waals surface area contributed by atoms with Gasteiger partial charge in [0.05, 0.1) is 29.5 Å². The minimum absolute atomic E-state index is 0.122. The fraction of sp³-hybridized carbons (Fsp3) is 0.188. The zero-order valence-corrected chi connectivity index (χ0v) is 14.3. The number of thiazole rings is 1. The number of hydrogen-bond donors (Lipinski definition) is 1. The molecule has 0 unspecified atom stereocenters. The van der Waals surface area contributed by atoms with Gasteiger partial charge in [-0.2, -0.15) is 0 Å². The predicted octanol–water partition coefficient (Wildman–Crippen LogP) is 2.79. The van der Waals surface area contributed by atoms with Crippen LogP contribution < -0.4 is 5.32 Å². The summed E-state index contributed by atoms with van der Waals surface area (Å²) in [5, 5.41) is 11.3. The molecule has 0 bridgehead atoms. The van der Waals surface area contributed by atoms with Crippen molar-refractivity contribution in [3.63, 3.8) is 0 Å². The molecule has 0 atom stereocenters. The summed E-state index contributed by atoms with van der Waals surface area (Å²) in [5.41, 5.74) is 1.35. The van der Waals surface area contributed by atoms with Crippen LogP contribution in [0.5, 0.6) is 0 Å². The average Bonchev–Trinajstić information content (AvgIpc) is 3.03. The van der Waals surface area contributed by atoms with Crippen molar-refractivity contribution in [3.05, 3.63) is 41.6 Å². The molecule has 9 heteroatoms. The van der Waals surface area contributed by atoms with Crippen molar-refractivity contribution >= 4 is 44.4 Å². The summed E-state index contributed by atoms with van der Waals surface area (Å²) in [5.74, 6) is -0.473. The summed E-state index contributed by atoms with van der Waals surface area (Å²) in [6.07, 6.45) is 0. The molecule has 1 N–H and O–H groups in total. The Hall–Kier alpha value is -3.07. The highest BCUT2D eigenvalue weighted by atomic mass is 32.1. The van der Waals surface area contributed by atoms with Crippen LogP contribution in [0, 0.1) is 0 Å². The summed E-state index contributed by atoms with van der Waals surface area (Å²) in [6, 6.07) is 8.29. The lowest BCUT2D eigenvalue weighted by Crippen LogP contribution is -2.06. The van der Waals surface area contributed by atoms with Crippen LogP contribution in [-0.4, -0.2) is 40.8 Å². The van der Waals surface area contributed by atoms with Gasteiger partial charge < -0.3 is 14.8 Å². The molecular weight excluding hydrogens is 344 g/mol. The van der Waals surface area contributed by atoms with E-state index >= 15 is 0 Å². The van der Waals surface area contributed by atoms with Crippen LogP contribution in [0.1, 0.15) is 27.8 Å². The SMILES string of the molecule is CCOC(=O)c1ccc2nc(Nc3ccc(C(=O)OC)nn3)sc2c1. The van der Waals surface area contributed by atoms with Crippen molar-refractivity contribution in [2.45, 2.75) is 6.92 Å². The minimum atomic E-state index is -0.550. The molecule has 25 heavy (non-hydrogen) atoms. The monoisotopic (exact) mass is 358 g/mol. The van der Waals surface area contributed by atoms with Crippen molar-refractivity contribution in [1.82, 2.24) is 15.2 Å². The standard InChI is InChI=1S/C16H14N4O4S/c1-3-24-14(21)9-4-5-10-12(8-9)25-16(17-10)18-13-7-6-11(19-20-13)15(22)23-2/h4-8H,3H2,1-2H3,(H,17,18,20). The zero-order valence-electron chi connectivity index (χ0n) is 13.5. The molecule has 0 fully saturated rings. The molecule has 0 saturated carbocycles. The van der Waals surface area contributed by atoms with Gasteiger partial charge in [0.2, 0.25) is 0 Å². The Morgan fingerprint density at radius 3 is 2.68 bits per heavy atom. The van der Waals surface area contributed by atoms with Crippen molar-refractivity contribution in [1.29, 1.82) is 0 Å². The van der Waals surface area contributed by atoms with E-state index in [4.69, 9.17) is 4.74 Å². The van der Waals surface area contributed by atoms with E-state index in [1.165, 1.54) is 24.5 Å². The van der Waals surface area contributed by atoms with Crippen LogP contribution in [0.15, 0.2) is 30.3 Å². The number of esters is 2. The number of methoxy groups -OCH3 is 1. The smallest absolute Gasteiger partial charge is 0.358 e. The summed E-state index contributed by atoms with van der Waals surface area (Å²) in [6.45, 7) is 2.09. The topological polar surface area (TPSA) is 103 Å². The van der Waals surface area contributed by atoms with Crippen LogP contribution in [0.4, 0.5) is 10.9 Å². The molecule has 0 saturated heterocycles. The fourth-order valence-corrected chi connectivity index (χ4v) is 2.95. The van der Waals surface area contributed by atoms with Crippen molar-refractivity contribution in [3.8, 4) is 0 Å². The van der Waals surface area contributed by atoms with Crippen LogP contribution in [-0.2, 0) is 9.47 Å². The van der Waals surface area contributed by atoms with Crippen LogP contribution in [0.25, 0.3) is 10.2 Å². The van der Waals surface area contributed by atoms with E-state index < -0.39 is 5.97 Å². The molecule has 0 aliphatic heterocycles. The maximum absolute atomic E-state index is 11.8. The summed E-state index contributed by atoms with van der Waals surface area (Å²) in [7, 11) is 1.28. The van der Waals surface area contributed by atoms with Gasteiger partial charge >= 0.3 is 11.9 Å². The Bertz CT molecular complexity index is 924. The lowest BCUT2D eigenvalue weighted by molar-refractivity contribution is 0.0525. The minimum Gasteiger partial charge on any atom is -0.464 e. The Balaban J connectivity index is 1.80. The molecule has 0 amide bonds. The van der Waals surface area contributed by atoms with Gasteiger partial charge in [-0.1, -0.05) is 11.3 Å². The van der Waals surface area contributed by atoms with E-state index in [0.717, 1.165) is 10.2 Å². The Morgan fingerprint density at radius 1 is 1.16 bits per heavy atom. The van der Waals surface area contributed by atoms with E-state index in [-0.39, 0.29) is 11.7 Å². The predicted molar refractivity (Wildman–Crippen MR) is 92.2 cm³/mol. The number of nitrogens with one attached hydrogen (secondary N) is 1. The number of fused-ring (bicyclic) bond motifs is 1. The summed E-state index contributed by atoms with van der Waals surface area (Å²) >= 11 is 1.37. The van der Waals surface area contributed by atoms with E-state index in [1.54, 1.807) is 31.2 Å². The highest BCUT2D eigenvalue weighted by Gasteiger charge is 2.12. The highest BCUT2D eigenvalue weighted by molar-refractivity contribution is 7.22. The number of anilines is 2. The second-order valence-corrected chi connectivity index (χ2v) is 5.87. The van der Waals surface area contributed by atoms with Crippen molar-refractivity contribution in [2.75, 3.05) is 19.0 Å². The number of ether oxygens (including phenoxy) is 2. The lowest BCUT2D eigenvalue weighted by Gasteiger charge is -2.01. The largest absolute Gasteiger partial charge is 0.464 e. The number of carbonyl (C=O) groups is 2. The third kappa shape index (κ3) is 3.72. The summed E-state index contributed by atoms with van der Waals surface area (Å²) in [4.78, 5) is 27.6. The first-order valence-corrected chi connectivity index (χ1v) is 8.19. The van der Waals surface area contributed by atoms with Gasteiger partial charge in [0.15, 0.2) is 16.6 Å². The average molecular weight is 358 g/mol. The summed E-state index contributed by atoms with van der Waals surface area (Å²) < 4.78 is 10.4. The van der Waals surface area contributed by atoms with Crippen LogP contribution in [0.3, 0.4) is 0 Å². The van der Waals surface area contributed by atoms with E-state index in [9.17, 15) is 9.59 Å². The van der Waals surface area contributed by atoms with E-state index in [1.807, 2.05) is 0 Å². The molecule has 0 aliphatic rings. The Morgan fingerprint density at radius 2 is 2.00 bits per heavy atom. The molecular formula is C16H14N4O4S. The lowest BCUT2D eigenvalue weighted by atomic mass is 10.2. The van der Waals surface area contributed by atoms with Gasteiger partial charge in [-0.25, -0.2) is 14.6 Å². The number of benzene rings is 1. The molecule has 3 aromatic rings. The fourth-order valence-electron chi connectivity index (χ4n) is 2.04. The van der Waals surface area contributed by atoms with Gasteiger partial charge in [0.1, 0.15) is 0 Å². The maximum atomic E-state index is 11.8. The second kappa shape index (κ2) is 7.22. The van der Waals surface area contributed by atoms with Crippen molar-refractivity contribution < 1.29 is 19.1 Å². The van der Waals surface area contributed by atoms with Gasteiger partial charge in [-0.3, -0.25) is 0 Å². The number of aromatic nitrogens is 3. The first-order valence-electron chi connectivity index (χ1n) is 7.37. The quantitative estimate of drug-likeness (QED) is 0.695. The molecule has 8 nitrogen and oxygen atoms in total. The maximum Gasteiger partial charge on any atom is 0.358 e. The molecule has 0 aliphatic carbocycles. The van der Waals surface area contributed by atoms with Gasteiger partial charge in [-0.05, 0) is 37.3 Å². The van der Waals surface area contributed by atoms with E-state index in [2.05, 4.69) is 25.2 Å². The number of rotatable bonds is 5. The van der Waals surface area contributed by atoms with E-state index in [0.29, 0.717) is 23.1 Å². The molecule has 1 aromatic carbocycles. The Kier molecular flexibility index (Phi) is 4.85. The number of carbonyl (C=O) groups excluding carboxylic acids is 2. The molecule has 0 spiro atoms. The highest BCUT2D eigenvalue weighted by Crippen LogP contribution is 2.28. The van der Waals surface area contributed by atoms with Crippen molar-refractivity contribution in [2.24, 2.45) is 0 Å². The normalized spacial score (nSPS) is 10.5. The molecule has 2 aromatic heterocycles. The molecule has 2 heterocycles. The third-order valence-electron chi connectivity index (χ3n) is 3.19. The first kappa shape index (κ1) is 16.8. The first-order chi connectivity index (χ1) is 12.1. The van der Waals surface area contributed by atoms with Gasteiger partial charge in [-0.15, -0.1) is 10.2 Å². The zero-order chi connectivity index (χ0) is 17.8. The Labute approximate surface area is 146 Å². The number of nitrogens with zero attached hydrogens (tertiary/aromatic N) is 3. The van der Waals surface area contributed by atoms with Gasteiger partial charge in [0.25, 0.3) is 0 Å².